The van der Waals surface area contributed by atoms with Crippen LogP contribution in [-0.2, 0) is 15.8 Å². The van der Waals surface area contributed by atoms with E-state index in [9.17, 15) is 22.7 Å². The standard InChI is InChI=1S/C26H29FN4O5S/c27-20-14-21(16-22(32)15-20)31-26(33)25(36-23-8-4-5-9-23)24(17-28-31)29-10-12-30(13-11-29)37(34,35)18-19-6-2-1-3-7-19/h1-3,6-7,14-17,23,32H,4-5,8-13,18H2. The molecule has 1 N–H and O–H groups in total. The Bertz CT molecular complexity index is 1400. The largest absolute Gasteiger partial charge is 0.508 e. The molecule has 0 unspecified atom stereocenters. The number of phenols is 1. The van der Waals surface area contributed by atoms with Gasteiger partial charge in [0, 0.05) is 38.3 Å². The zero-order valence-corrected chi connectivity index (χ0v) is 21.1. The summed E-state index contributed by atoms with van der Waals surface area (Å²) in [4.78, 5) is 15.4. The van der Waals surface area contributed by atoms with E-state index in [1.807, 2.05) is 23.1 Å². The minimum absolute atomic E-state index is 0.0675. The average Bonchev–Trinajstić information content (AvgIpc) is 3.38. The summed E-state index contributed by atoms with van der Waals surface area (Å²) in [7, 11) is -3.50. The molecule has 0 atom stereocenters. The summed E-state index contributed by atoms with van der Waals surface area (Å²) in [5.41, 5.74) is 0.734. The third-order valence-corrected chi connectivity index (χ3v) is 8.63. The van der Waals surface area contributed by atoms with Crippen molar-refractivity contribution in [1.29, 1.82) is 0 Å². The topological polar surface area (TPSA) is 105 Å². The zero-order chi connectivity index (χ0) is 26.0. The number of anilines is 1. The number of hydrogen-bond donors (Lipinski definition) is 1. The monoisotopic (exact) mass is 528 g/mol. The van der Waals surface area contributed by atoms with Gasteiger partial charge in [-0.05, 0) is 37.3 Å². The average molecular weight is 529 g/mol. The van der Waals surface area contributed by atoms with Crippen molar-refractivity contribution >= 4 is 15.7 Å². The molecule has 2 fully saturated rings. The fraction of sp³-hybridized carbons (Fsp3) is 0.385. The molecule has 9 nitrogen and oxygen atoms in total. The van der Waals surface area contributed by atoms with E-state index < -0.39 is 21.4 Å². The van der Waals surface area contributed by atoms with Gasteiger partial charge < -0.3 is 14.7 Å². The molecule has 1 aliphatic heterocycles. The number of aromatic hydroxyl groups is 1. The highest BCUT2D eigenvalue weighted by Gasteiger charge is 2.30. The quantitative estimate of drug-likeness (QED) is 0.503. The van der Waals surface area contributed by atoms with Crippen molar-refractivity contribution in [2.75, 3.05) is 31.1 Å². The van der Waals surface area contributed by atoms with E-state index in [4.69, 9.17) is 4.74 Å². The Morgan fingerprint density at radius 3 is 2.41 bits per heavy atom. The van der Waals surface area contributed by atoms with Gasteiger partial charge in [-0.1, -0.05) is 30.3 Å². The molecular formula is C26H29FN4O5S. The lowest BCUT2D eigenvalue weighted by Crippen LogP contribution is -2.49. The molecule has 196 valence electrons. The van der Waals surface area contributed by atoms with Gasteiger partial charge in [0.05, 0.1) is 23.7 Å². The van der Waals surface area contributed by atoms with Crippen molar-refractivity contribution in [3.8, 4) is 17.2 Å². The normalized spacial score (nSPS) is 17.3. The van der Waals surface area contributed by atoms with Crippen LogP contribution in [0, 0.1) is 5.82 Å². The Morgan fingerprint density at radius 1 is 1.03 bits per heavy atom. The zero-order valence-electron chi connectivity index (χ0n) is 20.3. The highest BCUT2D eigenvalue weighted by molar-refractivity contribution is 7.88. The van der Waals surface area contributed by atoms with Crippen LogP contribution < -0.4 is 15.2 Å². The summed E-state index contributed by atoms with van der Waals surface area (Å²) in [5.74, 6) is -0.980. The molecule has 2 aliphatic rings. The molecule has 1 aliphatic carbocycles. The van der Waals surface area contributed by atoms with Crippen LogP contribution in [0.3, 0.4) is 0 Å². The van der Waals surface area contributed by atoms with Crippen LogP contribution in [0.15, 0.2) is 59.5 Å². The molecule has 5 rings (SSSR count). The second kappa shape index (κ2) is 10.5. The Balaban J connectivity index is 1.40. The summed E-state index contributed by atoms with van der Waals surface area (Å²) >= 11 is 0. The molecule has 1 saturated carbocycles. The Labute approximate surface area is 214 Å². The first-order valence-electron chi connectivity index (χ1n) is 12.4. The first-order chi connectivity index (χ1) is 17.8. The van der Waals surface area contributed by atoms with Crippen LogP contribution >= 0.6 is 0 Å². The van der Waals surface area contributed by atoms with Crippen LogP contribution in [0.25, 0.3) is 5.69 Å². The molecule has 0 bridgehead atoms. The summed E-state index contributed by atoms with van der Waals surface area (Å²) in [6.07, 6.45) is 5.04. The highest BCUT2D eigenvalue weighted by atomic mass is 32.2. The van der Waals surface area contributed by atoms with E-state index in [1.54, 1.807) is 12.1 Å². The Hall–Kier alpha value is -3.44. The lowest BCUT2D eigenvalue weighted by atomic mass is 10.2. The van der Waals surface area contributed by atoms with Gasteiger partial charge in [-0.25, -0.2) is 12.8 Å². The van der Waals surface area contributed by atoms with E-state index in [0.717, 1.165) is 48.1 Å². The molecule has 2 heterocycles. The van der Waals surface area contributed by atoms with Crippen molar-refractivity contribution in [3.63, 3.8) is 0 Å². The molecular weight excluding hydrogens is 499 g/mol. The minimum atomic E-state index is -3.50. The lowest BCUT2D eigenvalue weighted by Gasteiger charge is -2.36. The summed E-state index contributed by atoms with van der Waals surface area (Å²) < 4.78 is 48.5. The number of phenolic OH excluding ortho intramolecular Hbond substituents is 1. The summed E-state index contributed by atoms with van der Waals surface area (Å²) in [5, 5.41) is 14.0. The van der Waals surface area contributed by atoms with Crippen molar-refractivity contribution in [2.45, 2.75) is 37.5 Å². The molecule has 0 amide bonds. The number of nitrogens with zero attached hydrogens (tertiary/aromatic N) is 4. The van der Waals surface area contributed by atoms with E-state index in [2.05, 4.69) is 5.10 Å². The van der Waals surface area contributed by atoms with Crippen molar-refractivity contribution in [2.24, 2.45) is 0 Å². The van der Waals surface area contributed by atoms with Crippen molar-refractivity contribution in [1.82, 2.24) is 14.1 Å². The second-order valence-electron chi connectivity index (χ2n) is 9.40. The van der Waals surface area contributed by atoms with E-state index >= 15 is 0 Å². The van der Waals surface area contributed by atoms with E-state index in [1.165, 1.54) is 16.6 Å². The molecule has 1 aromatic heterocycles. The molecule has 2 aromatic carbocycles. The number of hydrogen-bond acceptors (Lipinski definition) is 7. The van der Waals surface area contributed by atoms with Gasteiger partial charge in [0.1, 0.15) is 17.3 Å². The van der Waals surface area contributed by atoms with Crippen LogP contribution in [0.1, 0.15) is 31.2 Å². The lowest BCUT2D eigenvalue weighted by molar-refractivity contribution is 0.205. The smallest absolute Gasteiger partial charge is 0.316 e. The maximum absolute atomic E-state index is 13.9. The fourth-order valence-corrected chi connectivity index (χ4v) is 6.40. The minimum Gasteiger partial charge on any atom is -0.508 e. The molecule has 1 saturated heterocycles. The Morgan fingerprint density at radius 2 is 1.73 bits per heavy atom. The number of piperazine rings is 1. The molecule has 3 aromatic rings. The van der Waals surface area contributed by atoms with Crippen LogP contribution in [-0.4, -0.2) is 59.9 Å². The van der Waals surface area contributed by atoms with Crippen molar-refractivity contribution in [3.05, 3.63) is 76.5 Å². The second-order valence-corrected chi connectivity index (χ2v) is 11.4. The van der Waals surface area contributed by atoms with E-state index in [0.29, 0.717) is 18.8 Å². The number of ether oxygens (including phenoxy) is 1. The fourth-order valence-electron chi connectivity index (χ4n) is 4.89. The predicted molar refractivity (Wildman–Crippen MR) is 137 cm³/mol. The van der Waals surface area contributed by atoms with E-state index in [-0.39, 0.29) is 42.1 Å². The number of halogens is 1. The maximum atomic E-state index is 13.9. The number of aromatic nitrogens is 2. The maximum Gasteiger partial charge on any atom is 0.316 e. The van der Waals surface area contributed by atoms with Gasteiger partial charge in [0.15, 0.2) is 0 Å². The van der Waals surface area contributed by atoms with Crippen LogP contribution in [0.2, 0.25) is 0 Å². The number of benzene rings is 2. The van der Waals surface area contributed by atoms with Gasteiger partial charge in [0.2, 0.25) is 15.8 Å². The van der Waals surface area contributed by atoms with Crippen LogP contribution in [0.4, 0.5) is 10.1 Å². The SMILES string of the molecule is O=c1c(OC2CCCC2)c(N2CCN(S(=O)(=O)Cc3ccccc3)CC2)cnn1-c1cc(O)cc(F)c1. The first-order valence-corrected chi connectivity index (χ1v) is 14.0. The van der Waals surface area contributed by atoms with Crippen molar-refractivity contribution < 1.29 is 22.7 Å². The molecule has 0 spiro atoms. The number of sulfonamides is 1. The van der Waals surface area contributed by atoms with Gasteiger partial charge in [-0.2, -0.15) is 14.1 Å². The third-order valence-electron chi connectivity index (χ3n) is 6.78. The number of rotatable bonds is 7. The summed E-state index contributed by atoms with van der Waals surface area (Å²) in [6.45, 7) is 1.25. The first kappa shape index (κ1) is 25.2. The van der Waals surface area contributed by atoms with Crippen LogP contribution in [0.5, 0.6) is 11.5 Å². The molecule has 37 heavy (non-hydrogen) atoms. The highest BCUT2D eigenvalue weighted by Crippen LogP contribution is 2.31. The van der Waals surface area contributed by atoms with Gasteiger partial charge >= 0.3 is 5.56 Å². The molecule has 0 radical (unpaired) electrons. The Kier molecular flexibility index (Phi) is 7.16. The van der Waals surface area contributed by atoms with Gasteiger partial charge in [-0.15, -0.1) is 0 Å². The van der Waals surface area contributed by atoms with Gasteiger partial charge in [0.25, 0.3) is 0 Å². The predicted octanol–water partition coefficient (Wildman–Crippen LogP) is 3.05. The third kappa shape index (κ3) is 5.62. The summed E-state index contributed by atoms with van der Waals surface area (Å²) in [6, 6.07) is 12.4. The van der Waals surface area contributed by atoms with Gasteiger partial charge in [-0.3, -0.25) is 4.79 Å². The molecule has 11 heteroatoms.